The van der Waals surface area contributed by atoms with Gasteiger partial charge in [0.2, 0.25) is 0 Å². The van der Waals surface area contributed by atoms with Crippen molar-refractivity contribution in [2.24, 2.45) is 0 Å². The number of aromatic nitrogens is 1. The minimum Gasteiger partial charge on any atom is -0.496 e. The molecule has 0 aliphatic rings. The van der Waals surface area contributed by atoms with Gasteiger partial charge in [-0.15, -0.1) is 0 Å². The van der Waals surface area contributed by atoms with Crippen molar-refractivity contribution in [3.05, 3.63) is 46.6 Å². The number of aryl methyl sites for hydroxylation is 2. The molecule has 21 heavy (non-hydrogen) atoms. The number of ether oxygens (including phenoxy) is 1. The van der Waals surface area contributed by atoms with Gasteiger partial charge in [0.1, 0.15) is 11.6 Å². The first-order valence-electron chi connectivity index (χ1n) is 7.27. The Kier molecular flexibility index (Phi) is 4.68. The molecule has 0 saturated heterocycles. The highest BCUT2D eigenvalue weighted by atomic mass is 16.5. The summed E-state index contributed by atoms with van der Waals surface area (Å²) >= 11 is 0. The average molecular weight is 285 g/mol. The van der Waals surface area contributed by atoms with E-state index in [2.05, 4.69) is 31.0 Å². The summed E-state index contributed by atoms with van der Waals surface area (Å²) in [7, 11) is 1.73. The van der Waals surface area contributed by atoms with Gasteiger partial charge in [0.05, 0.1) is 7.11 Å². The van der Waals surface area contributed by atoms with Gasteiger partial charge in [-0.2, -0.15) is 0 Å². The van der Waals surface area contributed by atoms with Crippen LogP contribution < -0.4 is 16.2 Å². The molecule has 4 nitrogen and oxygen atoms in total. The summed E-state index contributed by atoms with van der Waals surface area (Å²) in [6, 6.07) is 6.09. The highest BCUT2D eigenvalue weighted by molar-refractivity contribution is 5.54. The van der Waals surface area contributed by atoms with E-state index in [4.69, 9.17) is 16.2 Å². The third-order valence-corrected chi connectivity index (χ3v) is 3.71. The van der Waals surface area contributed by atoms with Gasteiger partial charge in [0, 0.05) is 24.4 Å². The van der Waals surface area contributed by atoms with Crippen LogP contribution in [0.4, 0.5) is 11.5 Å². The Morgan fingerprint density at radius 3 is 2.10 bits per heavy atom. The molecular weight excluding hydrogens is 262 g/mol. The number of anilines is 2. The number of rotatable bonds is 5. The van der Waals surface area contributed by atoms with Gasteiger partial charge in [-0.1, -0.05) is 26.0 Å². The van der Waals surface area contributed by atoms with E-state index >= 15 is 0 Å². The van der Waals surface area contributed by atoms with Gasteiger partial charge in [0.15, 0.2) is 0 Å². The Morgan fingerprint density at radius 2 is 1.62 bits per heavy atom. The monoisotopic (exact) mass is 285 g/mol. The Balaban J connectivity index is 2.40. The highest BCUT2D eigenvalue weighted by Crippen LogP contribution is 2.28. The quantitative estimate of drug-likeness (QED) is 0.885. The second-order valence-electron chi connectivity index (χ2n) is 5.14. The van der Waals surface area contributed by atoms with Gasteiger partial charge in [-0.25, -0.2) is 4.98 Å². The number of hydrogen-bond acceptors (Lipinski definition) is 4. The van der Waals surface area contributed by atoms with Crippen LogP contribution in [-0.2, 0) is 19.3 Å². The summed E-state index contributed by atoms with van der Waals surface area (Å²) in [5.74, 6) is 1.46. The second-order valence-corrected chi connectivity index (χ2v) is 5.14. The minimum absolute atomic E-state index is 0.453. The summed E-state index contributed by atoms with van der Waals surface area (Å²) in [6.45, 7) is 4.28. The highest BCUT2D eigenvalue weighted by Gasteiger charge is 2.11. The third-order valence-electron chi connectivity index (χ3n) is 3.71. The van der Waals surface area contributed by atoms with E-state index in [0.29, 0.717) is 11.5 Å². The Labute approximate surface area is 126 Å². The first-order valence-corrected chi connectivity index (χ1v) is 7.27. The van der Waals surface area contributed by atoms with E-state index in [-0.39, 0.29) is 0 Å². The smallest absolute Gasteiger partial charge is 0.125 e. The second kappa shape index (κ2) is 6.48. The standard InChI is InChI=1S/C17H23N3O/c1-4-12-6-11(7-13(5-2)17(12)21-3)8-14-10-20-16(19)9-15(14)18/h6-7,9-10H,4-5,8H2,1-3H3,(H4,18,19,20). The van der Waals surface area contributed by atoms with Gasteiger partial charge in [-0.05, 0) is 35.1 Å². The number of benzene rings is 1. The van der Waals surface area contributed by atoms with Crippen LogP contribution in [0, 0.1) is 0 Å². The van der Waals surface area contributed by atoms with Crippen LogP contribution in [0.25, 0.3) is 0 Å². The Hall–Kier alpha value is -2.23. The molecule has 0 atom stereocenters. The lowest BCUT2D eigenvalue weighted by Crippen LogP contribution is -2.02. The van der Waals surface area contributed by atoms with Crippen molar-refractivity contribution in [2.45, 2.75) is 33.1 Å². The SMILES string of the molecule is CCc1cc(Cc2cnc(N)cc2N)cc(CC)c1OC. The Morgan fingerprint density at radius 1 is 1.00 bits per heavy atom. The van der Waals surface area contributed by atoms with Crippen molar-refractivity contribution in [1.82, 2.24) is 4.98 Å². The number of methoxy groups -OCH3 is 1. The Bertz CT molecular complexity index is 613. The van der Waals surface area contributed by atoms with Crippen molar-refractivity contribution >= 4 is 11.5 Å². The lowest BCUT2D eigenvalue weighted by molar-refractivity contribution is 0.405. The summed E-state index contributed by atoms with van der Waals surface area (Å²) in [6.07, 6.45) is 4.40. The zero-order valence-corrected chi connectivity index (χ0v) is 12.9. The summed E-state index contributed by atoms with van der Waals surface area (Å²) < 4.78 is 5.55. The van der Waals surface area contributed by atoms with Crippen molar-refractivity contribution in [3.8, 4) is 5.75 Å². The molecule has 4 heteroatoms. The fraction of sp³-hybridized carbons (Fsp3) is 0.353. The molecule has 0 unspecified atom stereocenters. The molecule has 112 valence electrons. The molecule has 0 aliphatic carbocycles. The molecule has 2 aromatic rings. The van der Waals surface area contributed by atoms with Crippen molar-refractivity contribution in [1.29, 1.82) is 0 Å². The average Bonchev–Trinajstić information content (AvgIpc) is 2.49. The number of nitrogen functional groups attached to an aromatic ring is 2. The minimum atomic E-state index is 0.453. The topological polar surface area (TPSA) is 74.2 Å². The fourth-order valence-corrected chi connectivity index (χ4v) is 2.60. The van der Waals surface area contributed by atoms with Crippen molar-refractivity contribution in [2.75, 3.05) is 18.6 Å². The van der Waals surface area contributed by atoms with Crippen LogP contribution >= 0.6 is 0 Å². The van der Waals surface area contributed by atoms with Gasteiger partial charge in [0.25, 0.3) is 0 Å². The molecule has 4 N–H and O–H groups in total. The first kappa shape index (κ1) is 15.2. The van der Waals surface area contributed by atoms with Gasteiger partial charge in [-0.3, -0.25) is 0 Å². The molecular formula is C17H23N3O. The van der Waals surface area contributed by atoms with Gasteiger partial charge < -0.3 is 16.2 Å². The molecule has 0 saturated carbocycles. The van der Waals surface area contributed by atoms with E-state index < -0.39 is 0 Å². The zero-order chi connectivity index (χ0) is 15.4. The number of pyridine rings is 1. The molecule has 0 amide bonds. The predicted octanol–water partition coefficient (Wildman–Crippen LogP) is 2.97. The fourth-order valence-electron chi connectivity index (χ4n) is 2.60. The third kappa shape index (κ3) is 3.27. The molecule has 1 aromatic carbocycles. The predicted molar refractivity (Wildman–Crippen MR) is 87.6 cm³/mol. The van der Waals surface area contributed by atoms with Gasteiger partial charge >= 0.3 is 0 Å². The summed E-state index contributed by atoms with van der Waals surface area (Å²) in [4.78, 5) is 4.13. The number of nitrogens with zero attached hydrogens (tertiary/aromatic N) is 1. The largest absolute Gasteiger partial charge is 0.496 e. The van der Waals surface area contributed by atoms with E-state index in [1.807, 2.05) is 0 Å². The maximum absolute atomic E-state index is 6.02. The summed E-state index contributed by atoms with van der Waals surface area (Å²) in [5.41, 5.74) is 17.0. The molecule has 0 bridgehead atoms. The van der Waals surface area contributed by atoms with Crippen LogP contribution in [-0.4, -0.2) is 12.1 Å². The van der Waals surface area contributed by atoms with Crippen LogP contribution in [0.1, 0.15) is 36.1 Å². The first-order chi connectivity index (χ1) is 10.1. The van der Waals surface area contributed by atoms with Crippen LogP contribution in [0.15, 0.2) is 24.4 Å². The van der Waals surface area contributed by atoms with E-state index in [1.54, 1.807) is 19.4 Å². The lowest BCUT2D eigenvalue weighted by atomic mass is 9.96. The summed E-state index contributed by atoms with van der Waals surface area (Å²) in [5, 5.41) is 0. The number of nitrogens with two attached hydrogens (primary N) is 2. The van der Waals surface area contributed by atoms with Crippen LogP contribution in [0.5, 0.6) is 5.75 Å². The zero-order valence-electron chi connectivity index (χ0n) is 12.9. The normalized spacial score (nSPS) is 10.6. The maximum Gasteiger partial charge on any atom is 0.125 e. The van der Waals surface area contributed by atoms with Crippen molar-refractivity contribution in [3.63, 3.8) is 0 Å². The molecule has 0 aliphatic heterocycles. The number of hydrogen-bond donors (Lipinski definition) is 2. The van der Waals surface area contributed by atoms with Crippen LogP contribution in [0.2, 0.25) is 0 Å². The molecule has 0 radical (unpaired) electrons. The molecule has 0 spiro atoms. The molecule has 2 rings (SSSR count). The lowest BCUT2D eigenvalue weighted by Gasteiger charge is -2.15. The van der Waals surface area contributed by atoms with E-state index in [9.17, 15) is 0 Å². The molecule has 1 heterocycles. The molecule has 0 fully saturated rings. The van der Waals surface area contributed by atoms with E-state index in [1.165, 1.54) is 16.7 Å². The maximum atomic E-state index is 6.02. The van der Waals surface area contributed by atoms with Crippen LogP contribution in [0.3, 0.4) is 0 Å². The van der Waals surface area contributed by atoms with E-state index in [0.717, 1.165) is 30.6 Å². The van der Waals surface area contributed by atoms with Crippen molar-refractivity contribution < 1.29 is 4.74 Å². The molecule has 1 aromatic heterocycles.